The molecule has 0 atom stereocenters. The predicted octanol–water partition coefficient (Wildman–Crippen LogP) is 21.0. The monoisotopic (exact) mass is 1290 g/mol. The number of aromatic nitrogens is 2. The Morgan fingerprint density at radius 1 is 0.548 bits per heavy atom. The number of ether oxygens (including phenoxy) is 1. The maximum atomic E-state index is 9.50. The van der Waals surface area contributed by atoms with Crippen molar-refractivity contribution >= 4 is 50.6 Å². The molecule has 1 aliphatic carbocycles. The number of hydrogen-bond donors (Lipinski definition) is 0. The Kier molecular flexibility index (Phi) is 12.0. The molecule has 0 fully saturated rings. The van der Waals surface area contributed by atoms with Crippen LogP contribution in [-0.4, -0.2) is 15.6 Å². The van der Waals surface area contributed by atoms with Crippen molar-refractivity contribution in [3.05, 3.63) is 215 Å². The van der Waals surface area contributed by atoms with Crippen LogP contribution in [0.3, 0.4) is 0 Å². The summed E-state index contributed by atoms with van der Waals surface area (Å²) in [5.74, 6) is 1.14. The topological polar surface area (TPSA) is 33.1 Å². The van der Waals surface area contributed by atoms with Crippen LogP contribution >= 0.6 is 0 Å². The molecule has 0 spiro atoms. The number of nitrogens with zero attached hydrogens (tertiary/aromatic N) is 4. The van der Waals surface area contributed by atoms with Crippen LogP contribution in [0.25, 0.3) is 61.0 Å². The van der Waals surface area contributed by atoms with Gasteiger partial charge in [0.15, 0.2) is 0 Å². The molecule has 84 heavy (non-hydrogen) atoms. The fourth-order valence-corrected chi connectivity index (χ4v) is 12.2. The quantitative estimate of drug-likeness (QED) is 0.112. The Hall–Kier alpha value is -7.42. The summed E-state index contributed by atoms with van der Waals surface area (Å²) in [6.45, 7) is 35.4. The van der Waals surface area contributed by atoms with Crippen LogP contribution in [-0.2, 0) is 53.6 Å². The van der Waals surface area contributed by atoms with Gasteiger partial charge in [0.25, 0.3) is 11.4 Å². The minimum Gasteiger partial charge on any atom is -0.509 e. The van der Waals surface area contributed by atoms with Gasteiger partial charge in [-0.05, 0) is 124 Å². The van der Waals surface area contributed by atoms with Crippen molar-refractivity contribution in [1.29, 1.82) is 0 Å². The first-order valence-corrected chi connectivity index (χ1v) is 29.1. The van der Waals surface area contributed by atoms with E-state index in [0.29, 0.717) is 50.5 Å². The van der Waals surface area contributed by atoms with Gasteiger partial charge >= 0.3 is 27.1 Å². The number of rotatable bonds is 8. The third-order valence-electron chi connectivity index (χ3n) is 17.1. The summed E-state index contributed by atoms with van der Waals surface area (Å²) in [4.78, 5) is 5.26. The minimum atomic E-state index is -0.474. The summed E-state index contributed by atoms with van der Waals surface area (Å²) in [7, 11) is 0. The molecule has 0 N–H and O–H groups in total. The van der Waals surface area contributed by atoms with Crippen molar-refractivity contribution in [3.63, 3.8) is 0 Å². The van der Waals surface area contributed by atoms with E-state index in [4.69, 9.17) is 16.6 Å². The molecular weight excluding hydrogens is 1200 g/mol. The molecule has 0 saturated carbocycles. The normalized spacial score (nSPS) is 16.4. The zero-order valence-corrected chi connectivity index (χ0v) is 53.7. The molecule has 3 heterocycles. The fraction of sp³-hybridized carbons (Fsp3) is 0.308. The smallest absolute Gasteiger partial charge is 0.509 e. The Labute approximate surface area is 526 Å². The molecule has 0 saturated heterocycles. The first-order valence-electron chi connectivity index (χ1n) is 33.6. The van der Waals surface area contributed by atoms with Crippen LogP contribution in [0.1, 0.15) is 169 Å². The average molecular weight is 1290 g/mol. The number of fused-ring (bicyclic) bond motifs is 5. The Morgan fingerprint density at radius 3 is 1.81 bits per heavy atom. The van der Waals surface area contributed by atoms with E-state index in [1.165, 1.54) is 11.1 Å². The maximum absolute atomic E-state index is 9.50. The third-order valence-corrected chi connectivity index (χ3v) is 17.1. The van der Waals surface area contributed by atoms with Crippen LogP contribution in [0.5, 0.6) is 11.5 Å². The Bertz CT molecular complexity index is 4810. The molecule has 0 bridgehead atoms. The number of pyridine rings is 1. The first kappa shape index (κ1) is 47.9. The van der Waals surface area contributed by atoms with Crippen LogP contribution < -0.4 is 13.9 Å². The van der Waals surface area contributed by atoms with E-state index >= 15 is 0 Å². The van der Waals surface area contributed by atoms with E-state index in [9.17, 15) is 5.48 Å². The maximum Gasteiger partial charge on any atom is 2.00 e. The van der Waals surface area contributed by atoms with Crippen LogP contribution in [0.15, 0.2) is 170 Å². The second-order valence-electron chi connectivity index (χ2n) is 28.2. The van der Waals surface area contributed by atoms with Crippen molar-refractivity contribution in [3.8, 4) is 50.7 Å². The molecule has 12 rings (SSSR count). The van der Waals surface area contributed by atoms with Crippen molar-refractivity contribution in [1.82, 2.24) is 18.7 Å². The van der Waals surface area contributed by atoms with Gasteiger partial charge in [0.1, 0.15) is 11.5 Å². The molecule has 2 aliphatic rings. The Morgan fingerprint density at radius 2 is 1.14 bits per heavy atom. The van der Waals surface area contributed by atoms with Crippen LogP contribution in [0.2, 0.25) is 0 Å². The zero-order valence-electron chi connectivity index (χ0n) is 60.4. The van der Waals surface area contributed by atoms with Crippen LogP contribution in [0.4, 0.5) is 22.7 Å². The second-order valence-corrected chi connectivity index (χ2v) is 28.2. The molecule has 1 aliphatic heterocycles. The van der Waals surface area contributed by atoms with Crippen LogP contribution in [0, 0.1) is 12.1 Å². The number of hydrogen-bond acceptors (Lipinski definition) is 2. The van der Waals surface area contributed by atoms with Gasteiger partial charge in [0, 0.05) is 40.9 Å². The van der Waals surface area contributed by atoms with Gasteiger partial charge in [-0.25, -0.2) is 4.98 Å². The fourth-order valence-electron chi connectivity index (χ4n) is 12.2. The van der Waals surface area contributed by atoms with Gasteiger partial charge in [0.2, 0.25) is 5.69 Å². The van der Waals surface area contributed by atoms with Gasteiger partial charge in [-0.1, -0.05) is 236 Å². The van der Waals surface area contributed by atoms with E-state index in [1.54, 1.807) is 6.07 Å². The van der Waals surface area contributed by atoms with Gasteiger partial charge < -0.3 is 9.30 Å². The van der Waals surface area contributed by atoms with E-state index < -0.39 is 29.0 Å². The molecule has 5 nitrogen and oxygen atoms in total. The van der Waals surface area contributed by atoms with Crippen molar-refractivity contribution in [2.45, 2.75) is 156 Å². The molecule has 0 amide bonds. The molecule has 6 heteroatoms. The average Bonchev–Trinajstić information content (AvgIpc) is 1.70. The number of benzene rings is 8. The molecule has 0 unspecified atom stereocenters. The van der Waals surface area contributed by atoms with Gasteiger partial charge in [0.05, 0.1) is 23.5 Å². The van der Waals surface area contributed by atoms with Crippen molar-refractivity contribution in [2.24, 2.45) is 0 Å². The molecule has 10 aromatic rings. The van der Waals surface area contributed by atoms with Gasteiger partial charge in [-0.15, -0.1) is 29.1 Å². The van der Waals surface area contributed by atoms with E-state index in [1.807, 2.05) is 74.5 Å². The van der Waals surface area contributed by atoms with E-state index in [0.717, 1.165) is 68.7 Å². The van der Waals surface area contributed by atoms with Crippen molar-refractivity contribution < 1.29 is 38.1 Å². The van der Waals surface area contributed by atoms with Crippen molar-refractivity contribution in [2.75, 3.05) is 0 Å². The second kappa shape index (κ2) is 21.0. The molecule has 8 aromatic carbocycles. The summed E-state index contributed by atoms with van der Waals surface area (Å²) >= 11 is 0. The molecular formula is C78H80N4OPt+2. The summed E-state index contributed by atoms with van der Waals surface area (Å²) in [5, 5.41) is 0.899. The Balaban J connectivity index is 0.00000884. The summed E-state index contributed by atoms with van der Waals surface area (Å²) in [6, 6.07) is 44.5. The molecule has 0 radical (unpaired) electrons. The summed E-state index contributed by atoms with van der Waals surface area (Å²) < 4.78 is 94.4. The third kappa shape index (κ3) is 10.6. The zero-order chi connectivity index (χ0) is 66.6. The molecule has 2 aromatic heterocycles. The predicted molar refractivity (Wildman–Crippen MR) is 350 cm³/mol. The van der Waals surface area contributed by atoms with Gasteiger partial charge in [-0.3, -0.25) is 0 Å². The first-order chi connectivity index (χ1) is 42.9. The minimum absolute atomic E-state index is 0. The SMILES string of the molecule is [2H]c1c([2H])c([2H])c(-c2cccc(-c3cc(C(C)(C)C)cc(C(C)(C)C)c3)c2[N+]2=C=[N+](c3[c-]c(Oc4[c-]c5c(cc4)c4c([2H])c([2H])c([2H])c([2H])c4n5-c4cc(C(C)(C)C)c(-c5cccc6c5C(C)(C)CCC6(C)C)cn4)cc(C(C)(C)C)c3)c3ccccc32)c([2H])c1[2H].[Pt+2]. The molecule has 426 valence electrons. The largest absolute Gasteiger partial charge is 2.00 e. The van der Waals surface area contributed by atoms with E-state index in [2.05, 4.69) is 177 Å². The summed E-state index contributed by atoms with van der Waals surface area (Å²) in [5.41, 5.74) is 13.1. The van der Waals surface area contributed by atoms with Gasteiger partial charge in [-0.2, -0.15) is 6.07 Å². The number of para-hydroxylation sites is 4. The summed E-state index contributed by atoms with van der Waals surface area (Å²) in [6.07, 6.45) is 4.06. The van der Waals surface area contributed by atoms with E-state index in [-0.39, 0.29) is 90.1 Å². The standard InChI is InChI=1S/C78H80N4O.Pt/c1-73(2,3)52-40-51(41-53(42-52)74(4,5)6)59-30-24-29-58(50-26-18-17-19-27-50)72(59)81-49-80(67-34-22-23-35-68(67)81)55-43-54(75(7,8)9)44-57(45-55)83-56-36-37-61-60-28-20-21-33-66(60)82(69(61)46-56)70-47-65(76(10,11)12)63(48-79-70)62-31-25-32-64-71(62)78(15,16)39-38-77(64,13)14;/h17-37,40-44,47-48H,38-39H2,1-16H3;/q;+2/i17D,18D,19D,20D,21D,26D,27D,28D,33D;.